The van der Waals surface area contributed by atoms with E-state index in [0.29, 0.717) is 21.7 Å². The highest BCUT2D eigenvalue weighted by Crippen LogP contribution is 2.34. The molecule has 10 heteroatoms. The smallest absolute Gasteiger partial charge is 0.333 e. The number of para-hydroxylation sites is 1. The Kier molecular flexibility index (Phi) is 3.72. The van der Waals surface area contributed by atoms with Crippen LogP contribution in [0.2, 0.25) is 5.02 Å². The van der Waals surface area contributed by atoms with Crippen molar-refractivity contribution < 1.29 is 18.0 Å². The minimum absolute atomic E-state index is 0.0248. The third-order valence-electron chi connectivity index (χ3n) is 4.36. The normalized spacial score (nSPS) is 17.6. The summed E-state index contributed by atoms with van der Waals surface area (Å²) in [6.45, 7) is 1.77. The second-order valence-corrected chi connectivity index (χ2v) is 6.60. The molecule has 1 N–H and O–H groups in total. The third kappa shape index (κ3) is 2.63. The van der Waals surface area contributed by atoms with Crippen LogP contribution < -0.4 is 0 Å². The van der Waals surface area contributed by atoms with Crippen molar-refractivity contribution in [3.05, 3.63) is 46.8 Å². The van der Waals surface area contributed by atoms with Gasteiger partial charge in [0, 0.05) is 6.54 Å². The summed E-state index contributed by atoms with van der Waals surface area (Å²) in [6, 6.07) is 4.56. The molecule has 136 valence electrons. The number of fused-ring (bicyclic) bond motifs is 2. The molecule has 0 spiro atoms. The van der Waals surface area contributed by atoms with Gasteiger partial charge in [0.05, 0.1) is 40.5 Å². The second-order valence-electron chi connectivity index (χ2n) is 6.19. The van der Waals surface area contributed by atoms with Crippen molar-refractivity contribution >= 4 is 28.5 Å². The van der Waals surface area contributed by atoms with E-state index in [0.717, 1.165) is 10.8 Å². The maximum Gasteiger partial charge on any atom is 0.449 e. The predicted molar refractivity (Wildman–Crippen MR) is 87.8 cm³/mol. The van der Waals surface area contributed by atoms with Gasteiger partial charge in [-0.25, -0.2) is 9.97 Å². The van der Waals surface area contributed by atoms with Crippen LogP contribution in [0.1, 0.15) is 35.1 Å². The average molecular weight is 384 g/mol. The molecule has 0 unspecified atom stereocenters. The Morgan fingerprint density at radius 2 is 2.15 bits per heavy atom. The van der Waals surface area contributed by atoms with E-state index in [1.54, 1.807) is 25.1 Å². The van der Waals surface area contributed by atoms with Gasteiger partial charge in [-0.15, -0.1) is 0 Å². The zero-order valence-corrected chi connectivity index (χ0v) is 14.3. The van der Waals surface area contributed by atoms with Crippen molar-refractivity contribution in [3.8, 4) is 0 Å². The quantitative estimate of drug-likeness (QED) is 0.697. The highest BCUT2D eigenvalue weighted by molar-refractivity contribution is 6.35. The molecule has 0 radical (unpaired) electrons. The Morgan fingerprint density at radius 3 is 2.85 bits per heavy atom. The number of nitrogens with zero attached hydrogens (tertiary/aromatic N) is 4. The van der Waals surface area contributed by atoms with Crippen LogP contribution in [0.4, 0.5) is 13.2 Å². The number of halogens is 4. The van der Waals surface area contributed by atoms with Crippen LogP contribution in [-0.4, -0.2) is 36.9 Å². The molecular formula is C16H13ClF3N5O. The molecule has 1 aliphatic rings. The maximum atomic E-state index is 13.1. The molecule has 4 rings (SSSR count). The molecule has 1 atom stereocenters. The summed E-state index contributed by atoms with van der Waals surface area (Å²) in [5.41, 5.74) is 1.43. The van der Waals surface area contributed by atoms with Gasteiger partial charge >= 0.3 is 6.18 Å². The Hall–Kier alpha value is -2.55. The lowest BCUT2D eigenvalue weighted by molar-refractivity contribution is -0.148. The minimum Gasteiger partial charge on any atom is -0.333 e. The molecule has 2 aromatic heterocycles. The molecule has 1 amide bonds. The largest absolute Gasteiger partial charge is 0.449 e. The molecule has 0 fully saturated rings. The van der Waals surface area contributed by atoms with Crippen LogP contribution in [-0.2, 0) is 12.7 Å². The summed E-state index contributed by atoms with van der Waals surface area (Å²) in [5.74, 6) is -1.24. The first-order valence-electron chi connectivity index (χ1n) is 7.82. The summed E-state index contributed by atoms with van der Waals surface area (Å²) in [6.07, 6.45) is -3.37. The number of aromatic nitrogens is 4. The van der Waals surface area contributed by atoms with E-state index in [4.69, 9.17) is 11.6 Å². The first kappa shape index (κ1) is 16.9. The predicted octanol–water partition coefficient (Wildman–Crippen LogP) is 3.65. The number of benzene rings is 1. The molecule has 0 saturated heterocycles. The lowest BCUT2D eigenvalue weighted by Crippen LogP contribution is -2.41. The number of amides is 1. The highest BCUT2D eigenvalue weighted by atomic mass is 35.5. The van der Waals surface area contributed by atoms with Crippen molar-refractivity contribution in [2.75, 3.05) is 6.54 Å². The van der Waals surface area contributed by atoms with Crippen LogP contribution in [0.15, 0.2) is 24.4 Å². The van der Waals surface area contributed by atoms with Gasteiger partial charge in [-0.05, 0) is 19.1 Å². The SMILES string of the molecule is C[C@H]1CN(C(=O)c2nc3cccc(Cl)c3[nH]2)Cc2cnc(C(F)(F)F)n21. The molecule has 3 aromatic rings. The van der Waals surface area contributed by atoms with E-state index >= 15 is 0 Å². The van der Waals surface area contributed by atoms with E-state index in [2.05, 4.69) is 15.0 Å². The van der Waals surface area contributed by atoms with Gasteiger partial charge in [0.15, 0.2) is 5.82 Å². The molecule has 6 nitrogen and oxygen atoms in total. The second kappa shape index (κ2) is 5.73. The van der Waals surface area contributed by atoms with Crippen LogP contribution in [0.5, 0.6) is 0 Å². The Balaban J connectivity index is 1.66. The van der Waals surface area contributed by atoms with Crippen LogP contribution >= 0.6 is 11.6 Å². The molecular weight excluding hydrogens is 371 g/mol. The van der Waals surface area contributed by atoms with Crippen LogP contribution in [0, 0.1) is 0 Å². The van der Waals surface area contributed by atoms with E-state index in [-0.39, 0.29) is 18.9 Å². The number of hydrogen-bond donors (Lipinski definition) is 1. The summed E-state index contributed by atoms with van der Waals surface area (Å²) >= 11 is 6.08. The number of carbonyl (C=O) groups is 1. The van der Waals surface area contributed by atoms with E-state index < -0.39 is 23.9 Å². The average Bonchev–Trinajstić information content (AvgIpc) is 3.18. The van der Waals surface area contributed by atoms with Crippen molar-refractivity contribution in [2.24, 2.45) is 0 Å². The number of H-pyrrole nitrogens is 1. The summed E-state index contributed by atoms with van der Waals surface area (Å²) in [5, 5.41) is 0.439. The highest BCUT2D eigenvalue weighted by Gasteiger charge is 2.40. The number of hydrogen-bond acceptors (Lipinski definition) is 3. The first-order chi connectivity index (χ1) is 12.3. The van der Waals surface area contributed by atoms with Gasteiger partial charge < -0.3 is 14.5 Å². The fraction of sp³-hybridized carbons (Fsp3) is 0.312. The fourth-order valence-electron chi connectivity index (χ4n) is 3.28. The fourth-order valence-corrected chi connectivity index (χ4v) is 3.49. The van der Waals surface area contributed by atoms with Gasteiger partial charge in [0.25, 0.3) is 5.91 Å². The van der Waals surface area contributed by atoms with Crippen molar-refractivity contribution in [1.29, 1.82) is 0 Å². The lowest BCUT2D eigenvalue weighted by Gasteiger charge is -2.33. The number of alkyl halides is 3. The van der Waals surface area contributed by atoms with Crippen molar-refractivity contribution in [3.63, 3.8) is 0 Å². The topological polar surface area (TPSA) is 66.8 Å². The first-order valence-corrected chi connectivity index (χ1v) is 8.20. The molecule has 1 aromatic carbocycles. The number of imidazole rings is 2. The van der Waals surface area contributed by atoms with E-state index in [1.165, 1.54) is 4.90 Å². The standard InChI is InChI=1S/C16H13ClF3N5O/c1-8-6-24(7-9-5-21-15(25(8)9)16(18,19)20)14(26)13-22-11-4-2-3-10(17)12(11)23-13/h2-5,8H,6-7H2,1H3,(H,22,23)/t8-/m0/s1. The third-order valence-corrected chi connectivity index (χ3v) is 4.68. The van der Waals surface area contributed by atoms with Gasteiger partial charge in [-0.3, -0.25) is 4.79 Å². The number of aromatic amines is 1. The van der Waals surface area contributed by atoms with Crippen molar-refractivity contribution in [1.82, 2.24) is 24.4 Å². The molecule has 0 saturated carbocycles. The Bertz CT molecular complexity index is 1010. The summed E-state index contributed by atoms with van der Waals surface area (Å²) in [7, 11) is 0. The van der Waals surface area contributed by atoms with Gasteiger partial charge in [-0.2, -0.15) is 13.2 Å². The monoisotopic (exact) mass is 383 g/mol. The Morgan fingerprint density at radius 1 is 1.38 bits per heavy atom. The zero-order valence-electron chi connectivity index (χ0n) is 13.5. The molecule has 1 aliphatic heterocycles. The molecule has 0 bridgehead atoms. The summed E-state index contributed by atoms with van der Waals surface area (Å²) < 4.78 is 40.3. The van der Waals surface area contributed by atoms with Gasteiger partial charge in [-0.1, -0.05) is 17.7 Å². The minimum atomic E-state index is -4.53. The number of carbonyl (C=O) groups excluding carboxylic acids is 1. The van der Waals surface area contributed by atoms with E-state index in [1.807, 2.05) is 0 Å². The summed E-state index contributed by atoms with van der Waals surface area (Å²) in [4.78, 5) is 24.9. The van der Waals surface area contributed by atoms with Crippen LogP contribution in [0.3, 0.4) is 0 Å². The maximum absolute atomic E-state index is 13.1. The Labute approximate surface area is 150 Å². The molecule has 26 heavy (non-hydrogen) atoms. The number of rotatable bonds is 1. The number of nitrogens with one attached hydrogen (secondary N) is 1. The van der Waals surface area contributed by atoms with E-state index in [9.17, 15) is 18.0 Å². The molecule has 3 heterocycles. The van der Waals surface area contributed by atoms with Gasteiger partial charge in [0.1, 0.15) is 0 Å². The zero-order chi connectivity index (χ0) is 18.6. The molecule has 0 aliphatic carbocycles. The van der Waals surface area contributed by atoms with Crippen molar-refractivity contribution in [2.45, 2.75) is 25.7 Å². The van der Waals surface area contributed by atoms with Gasteiger partial charge in [0.2, 0.25) is 5.82 Å². The van der Waals surface area contributed by atoms with Crippen LogP contribution in [0.25, 0.3) is 11.0 Å². The lowest BCUT2D eigenvalue weighted by atomic mass is 10.2.